The van der Waals surface area contributed by atoms with E-state index in [9.17, 15) is 27.9 Å². The van der Waals surface area contributed by atoms with Crippen LogP contribution >= 0.6 is 0 Å². The molecule has 4 N–H and O–H groups in total. The second-order valence-corrected chi connectivity index (χ2v) is 17.0. The molecule has 0 spiro atoms. The minimum absolute atomic E-state index is 0.0304. The van der Waals surface area contributed by atoms with Gasteiger partial charge < -0.3 is 10.4 Å². The van der Waals surface area contributed by atoms with E-state index in [1.807, 2.05) is 22.5 Å². The number of carbonyl (C=O) groups is 3. The summed E-state index contributed by atoms with van der Waals surface area (Å²) >= 11 is 0. The van der Waals surface area contributed by atoms with E-state index in [0.717, 1.165) is 61.5 Å². The van der Waals surface area contributed by atoms with Gasteiger partial charge in [-0.05, 0) is 98.0 Å². The molecule has 7 rings (SSSR count). The van der Waals surface area contributed by atoms with Crippen LogP contribution in [0.5, 0.6) is 5.75 Å². The highest BCUT2D eigenvalue weighted by Crippen LogP contribution is 2.44. The highest BCUT2D eigenvalue weighted by atomic mass is 32.2. The Labute approximate surface area is 297 Å². The summed E-state index contributed by atoms with van der Waals surface area (Å²) in [4.78, 5) is 35.9. The first kappa shape index (κ1) is 35.1. The van der Waals surface area contributed by atoms with Crippen LogP contribution in [0.2, 0.25) is 0 Å². The SMILES string of the molecule is Cn1nc(C2CCC(=O)NC2=O)c2ccc(C3CCC(CC(C)(C)CC[C@@H]4C=C(c5ccc(O)c(N6CC(=O)NS6(=O)=O)c5F)CN4)CC3)cc21. The molecule has 0 bridgehead atoms. The molecule has 3 amide bonds. The van der Waals surface area contributed by atoms with E-state index in [1.54, 1.807) is 0 Å². The van der Waals surface area contributed by atoms with Gasteiger partial charge in [-0.1, -0.05) is 32.1 Å². The van der Waals surface area contributed by atoms with Crippen LogP contribution in [0.4, 0.5) is 10.1 Å². The molecule has 12 nitrogen and oxygen atoms in total. The minimum Gasteiger partial charge on any atom is -0.506 e. The number of hydrogen-bond donors (Lipinski definition) is 4. The maximum absolute atomic E-state index is 15.7. The molecule has 3 aromatic rings. The number of benzene rings is 2. The lowest BCUT2D eigenvalue weighted by Crippen LogP contribution is -2.39. The van der Waals surface area contributed by atoms with Crippen molar-refractivity contribution in [3.63, 3.8) is 0 Å². The molecule has 1 saturated carbocycles. The Hall–Kier alpha value is -4.30. The molecule has 2 saturated heterocycles. The maximum Gasteiger partial charge on any atom is 0.326 e. The zero-order chi connectivity index (χ0) is 36.2. The third-order valence-corrected chi connectivity index (χ3v) is 12.6. The van der Waals surface area contributed by atoms with Crippen LogP contribution < -0.4 is 19.7 Å². The van der Waals surface area contributed by atoms with Gasteiger partial charge in [0.15, 0.2) is 5.82 Å². The van der Waals surface area contributed by atoms with Crippen molar-refractivity contribution in [2.24, 2.45) is 18.4 Å². The molecule has 14 heteroatoms. The predicted molar refractivity (Wildman–Crippen MR) is 190 cm³/mol. The average Bonchev–Trinajstić information content (AvgIpc) is 3.75. The predicted octanol–water partition coefficient (Wildman–Crippen LogP) is 4.64. The van der Waals surface area contributed by atoms with Crippen LogP contribution in [0.15, 0.2) is 36.4 Å². The minimum atomic E-state index is -4.28. The Bertz CT molecular complexity index is 2050. The van der Waals surface area contributed by atoms with E-state index in [1.165, 1.54) is 17.7 Å². The number of phenols is 1. The first-order chi connectivity index (χ1) is 24.2. The van der Waals surface area contributed by atoms with Crippen molar-refractivity contribution in [1.82, 2.24) is 25.1 Å². The third-order valence-electron chi connectivity index (χ3n) is 11.2. The molecule has 3 aliphatic heterocycles. The average molecular weight is 721 g/mol. The van der Waals surface area contributed by atoms with Gasteiger partial charge in [0.2, 0.25) is 11.8 Å². The summed E-state index contributed by atoms with van der Waals surface area (Å²) in [6.07, 6.45) is 10.3. The Morgan fingerprint density at radius 2 is 1.80 bits per heavy atom. The van der Waals surface area contributed by atoms with Gasteiger partial charge in [0.1, 0.15) is 18.0 Å². The number of imide groups is 1. The van der Waals surface area contributed by atoms with Gasteiger partial charge in [0.05, 0.1) is 17.1 Å². The molecule has 3 fully saturated rings. The summed E-state index contributed by atoms with van der Waals surface area (Å²) in [7, 11) is -2.37. The van der Waals surface area contributed by atoms with Gasteiger partial charge in [-0.3, -0.25) is 24.4 Å². The Morgan fingerprint density at radius 1 is 1.04 bits per heavy atom. The summed E-state index contributed by atoms with van der Waals surface area (Å²) in [5.74, 6) is -2.03. The van der Waals surface area contributed by atoms with Crippen LogP contribution in [-0.4, -0.2) is 60.2 Å². The van der Waals surface area contributed by atoms with Crippen molar-refractivity contribution in [2.75, 3.05) is 17.4 Å². The van der Waals surface area contributed by atoms with Gasteiger partial charge in [-0.25, -0.2) is 13.4 Å². The molecule has 4 aliphatic rings. The highest BCUT2D eigenvalue weighted by Gasteiger charge is 2.39. The van der Waals surface area contributed by atoms with Crippen LogP contribution in [0.3, 0.4) is 0 Å². The number of phenolic OH excluding ortho intramolecular Hbond substituents is 1. The largest absolute Gasteiger partial charge is 0.506 e. The first-order valence-electron chi connectivity index (χ1n) is 17.8. The summed E-state index contributed by atoms with van der Waals surface area (Å²) < 4.78 is 44.6. The van der Waals surface area contributed by atoms with Gasteiger partial charge in [0, 0.05) is 37.0 Å². The van der Waals surface area contributed by atoms with E-state index in [-0.39, 0.29) is 28.8 Å². The van der Waals surface area contributed by atoms with E-state index in [4.69, 9.17) is 5.10 Å². The van der Waals surface area contributed by atoms with E-state index in [0.29, 0.717) is 41.1 Å². The molecule has 2 aromatic carbocycles. The normalized spacial score (nSPS) is 25.3. The van der Waals surface area contributed by atoms with Crippen molar-refractivity contribution in [3.05, 3.63) is 59.0 Å². The number of halogens is 1. The van der Waals surface area contributed by atoms with E-state index >= 15 is 4.39 Å². The van der Waals surface area contributed by atoms with E-state index < -0.39 is 45.8 Å². The lowest BCUT2D eigenvalue weighted by Gasteiger charge is -2.35. The number of nitrogens with zero attached hydrogens (tertiary/aromatic N) is 3. The number of hydrogen-bond acceptors (Lipinski definition) is 8. The quantitative estimate of drug-likeness (QED) is 0.233. The third kappa shape index (κ3) is 6.99. The number of aromatic hydroxyl groups is 1. The van der Waals surface area contributed by atoms with Gasteiger partial charge in [-0.2, -0.15) is 13.5 Å². The number of nitrogens with one attached hydrogen (secondary N) is 3. The zero-order valence-corrected chi connectivity index (χ0v) is 30.0. The monoisotopic (exact) mass is 720 g/mol. The maximum atomic E-state index is 15.7. The fraction of sp³-hybridized carbons (Fsp3) is 0.514. The van der Waals surface area contributed by atoms with Crippen molar-refractivity contribution >= 4 is 50.1 Å². The smallest absolute Gasteiger partial charge is 0.326 e. The van der Waals surface area contributed by atoms with Crippen molar-refractivity contribution in [1.29, 1.82) is 0 Å². The first-order valence-corrected chi connectivity index (χ1v) is 19.2. The second kappa shape index (κ2) is 13.4. The lowest BCUT2D eigenvalue weighted by molar-refractivity contribution is -0.134. The Balaban J connectivity index is 0.939. The van der Waals surface area contributed by atoms with Gasteiger partial charge in [0.25, 0.3) is 5.91 Å². The fourth-order valence-electron chi connectivity index (χ4n) is 8.56. The molecule has 272 valence electrons. The van der Waals surface area contributed by atoms with Crippen LogP contribution in [0, 0.1) is 17.2 Å². The molecular weight excluding hydrogens is 676 g/mol. The van der Waals surface area contributed by atoms with Crippen LogP contribution in [0.25, 0.3) is 16.5 Å². The molecule has 1 unspecified atom stereocenters. The number of aryl methyl sites for hydroxylation is 1. The summed E-state index contributed by atoms with van der Waals surface area (Å²) in [5.41, 5.74) is 3.51. The number of aromatic nitrogens is 2. The summed E-state index contributed by atoms with van der Waals surface area (Å²) in [5, 5.41) is 21.9. The molecule has 1 aliphatic carbocycles. The molecule has 0 radical (unpaired) electrons. The van der Waals surface area contributed by atoms with Crippen LogP contribution in [-0.2, 0) is 31.6 Å². The van der Waals surface area contributed by atoms with Crippen molar-refractivity contribution in [2.45, 2.75) is 89.5 Å². The van der Waals surface area contributed by atoms with Gasteiger partial charge in [-0.15, -0.1) is 0 Å². The number of piperidine rings is 1. The number of amides is 3. The van der Waals surface area contributed by atoms with Gasteiger partial charge >= 0.3 is 10.2 Å². The Kier molecular flexibility index (Phi) is 9.19. The lowest BCUT2D eigenvalue weighted by atomic mass is 9.71. The van der Waals surface area contributed by atoms with Crippen molar-refractivity contribution in [3.8, 4) is 5.75 Å². The number of fused-ring (bicyclic) bond motifs is 1. The summed E-state index contributed by atoms with van der Waals surface area (Å²) in [6, 6.07) is 9.23. The molecule has 4 heterocycles. The number of rotatable bonds is 9. The standard InChI is InChI=1S/C37H45FN6O6S/c1-37(2,15-14-25-16-24(19-39-25)26-10-12-30(45)35(33(26)38)44-20-32(47)42-51(44,49)50)18-21-4-6-22(7-5-21)23-8-9-27-29(17-23)43(3)41-34(27)28-11-13-31(46)40-36(28)48/h8-10,12,16-17,21-22,25,28,39,45H,4-7,11,13-15,18-20H2,1-3H3,(H,42,47)(H,40,46,48)/t21?,22?,25-,28?/m1/s1. The molecule has 2 atom stereocenters. The Morgan fingerprint density at radius 3 is 2.51 bits per heavy atom. The zero-order valence-electron chi connectivity index (χ0n) is 29.2. The summed E-state index contributed by atoms with van der Waals surface area (Å²) in [6.45, 7) is 4.44. The molecule has 1 aromatic heterocycles. The topological polar surface area (TPSA) is 163 Å². The second-order valence-electron chi connectivity index (χ2n) is 15.4. The van der Waals surface area contributed by atoms with Crippen LogP contribution in [0.1, 0.15) is 100 Å². The molecule has 51 heavy (non-hydrogen) atoms. The highest BCUT2D eigenvalue weighted by molar-refractivity contribution is 7.92. The number of anilines is 1. The fourth-order valence-corrected chi connectivity index (χ4v) is 9.72. The molecular formula is C37H45FN6O6S. The van der Waals surface area contributed by atoms with Crippen molar-refractivity contribution < 1.29 is 32.3 Å². The number of carbonyl (C=O) groups excluding carboxylic acids is 3. The van der Waals surface area contributed by atoms with E-state index in [2.05, 4.69) is 42.7 Å².